The maximum absolute atomic E-state index is 5.53. The van der Waals surface area contributed by atoms with Crippen molar-refractivity contribution in [3.8, 4) is 0 Å². The van der Waals surface area contributed by atoms with Gasteiger partial charge in [-0.3, -0.25) is 4.99 Å². The Morgan fingerprint density at radius 1 is 1.32 bits per heavy atom. The first-order valence-electron chi connectivity index (χ1n) is 7.49. The lowest BCUT2D eigenvalue weighted by Gasteiger charge is -2.56. The van der Waals surface area contributed by atoms with Crippen molar-refractivity contribution in [2.75, 3.05) is 6.54 Å². The van der Waals surface area contributed by atoms with Gasteiger partial charge in [0.05, 0.1) is 0 Å². The van der Waals surface area contributed by atoms with E-state index in [2.05, 4.69) is 38.8 Å². The Hall–Kier alpha value is -0.990. The molecular weight excluding hydrogens is 234 g/mol. The van der Waals surface area contributed by atoms with E-state index in [0.717, 1.165) is 12.5 Å². The summed E-state index contributed by atoms with van der Waals surface area (Å²) >= 11 is 0. The molecule has 2 rings (SSSR count). The molecule has 0 saturated heterocycles. The van der Waals surface area contributed by atoms with Crippen molar-refractivity contribution in [1.82, 2.24) is 0 Å². The molecule has 3 heteroatoms. The number of aliphatic imine (C=N–C) groups is 1. The first-order chi connectivity index (χ1) is 8.77. The number of hydrogen-bond acceptors (Lipinski definition) is 1. The smallest absolute Gasteiger partial charge is 0.185 e. The summed E-state index contributed by atoms with van der Waals surface area (Å²) in [7, 11) is 0. The van der Waals surface area contributed by atoms with Crippen molar-refractivity contribution in [3.63, 3.8) is 0 Å². The molecule has 19 heavy (non-hydrogen) atoms. The summed E-state index contributed by atoms with van der Waals surface area (Å²) in [5.41, 5.74) is 13.3. The van der Waals surface area contributed by atoms with E-state index < -0.39 is 0 Å². The second-order valence-electron chi connectivity index (χ2n) is 7.40. The van der Waals surface area contributed by atoms with Crippen molar-refractivity contribution >= 4 is 5.96 Å². The standard InChI is InChI=1S/C16H29N3/c1-11-6-7-13-15(2,3)8-5-9-16(13,4)12(11)10-19-14(17)18/h6,12-13H,5,7-10H2,1-4H3,(H4,17,18,19)/t12-,13?,16+/m0/s1. The molecule has 2 aliphatic rings. The predicted molar refractivity (Wildman–Crippen MR) is 81.8 cm³/mol. The molecule has 0 aliphatic heterocycles. The quantitative estimate of drug-likeness (QED) is 0.457. The van der Waals surface area contributed by atoms with Crippen LogP contribution in [0.5, 0.6) is 0 Å². The lowest BCUT2D eigenvalue weighted by Crippen LogP contribution is -2.49. The molecule has 1 fully saturated rings. The average Bonchev–Trinajstić information content (AvgIpc) is 2.26. The van der Waals surface area contributed by atoms with Gasteiger partial charge in [0.2, 0.25) is 0 Å². The van der Waals surface area contributed by atoms with Gasteiger partial charge in [-0.15, -0.1) is 0 Å². The van der Waals surface area contributed by atoms with Gasteiger partial charge in [0, 0.05) is 12.5 Å². The highest BCUT2D eigenvalue weighted by Gasteiger charge is 2.51. The second kappa shape index (κ2) is 4.84. The van der Waals surface area contributed by atoms with Gasteiger partial charge < -0.3 is 11.5 Å². The van der Waals surface area contributed by atoms with Crippen LogP contribution in [0.2, 0.25) is 0 Å². The summed E-state index contributed by atoms with van der Waals surface area (Å²) in [6, 6.07) is 0. The summed E-state index contributed by atoms with van der Waals surface area (Å²) in [4.78, 5) is 4.31. The van der Waals surface area contributed by atoms with E-state index in [-0.39, 0.29) is 5.96 Å². The molecule has 0 aromatic heterocycles. The minimum absolute atomic E-state index is 0.216. The average molecular weight is 263 g/mol. The summed E-state index contributed by atoms with van der Waals surface area (Å²) in [5, 5.41) is 0. The van der Waals surface area contributed by atoms with Gasteiger partial charge >= 0.3 is 0 Å². The molecular formula is C16H29N3. The Morgan fingerprint density at radius 3 is 2.63 bits per heavy atom. The van der Waals surface area contributed by atoms with Gasteiger partial charge in [0.1, 0.15) is 0 Å². The van der Waals surface area contributed by atoms with Gasteiger partial charge in [-0.25, -0.2) is 0 Å². The molecule has 0 amide bonds. The van der Waals surface area contributed by atoms with Crippen LogP contribution in [0.1, 0.15) is 53.4 Å². The minimum Gasteiger partial charge on any atom is -0.370 e. The first-order valence-corrected chi connectivity index (χ1v) is 7.49. The van der Waals surface area contributed by atoms with E-state index in [0.29, 0.717) is 16.7 Å². The fraction of sp³-hybridized carbons (Fsp3) is 0.812. The van der Waals surface area contributed by atoms with Crippen molar-refractivity contribution in [2.45, 2.75) is 53.4 Å². The van der Waals surface area contributed by atoms with Gasteiger partial charge in [0.25, 0.3) is 0 Å². The number of nitrogens with two attached hydrogens (primary N) is 2. The van der Waals surface area contributed by atoms with Gasteiger partial charge in [-0.1, -0.05) is 38.8 Å². The van der Waals surface area contributed by atoms with Crippen molar-refractivity contribution in [3.05, 3.63) is 11.6 Å². The van der Waals surface area contributed by atoms with Crippen LogP contribution in [0.15, 0.2) is 16.6 Å². The van der Waals surface area contributed by atoms with Crippen LogP contribution in [0.25, 0.3) is 0 Å². The normalized spacial score (nSPS) is 37.2. The fourth-order valence-electron chi connectivity index (χ4n) is 4.69. The molecule has 108 valence electrons. The van der Waals surface area contributed by atoms with Crippen LogP contribution in [0, 0.1) is 22.7 Å². The Labute approximate surface area is 117 Å². The molecule has 0 radical (unpaired) electrons. The molecule has 0 spiro atoms. The number of allylic oxidation sites excluding steroid dienone is 1. The lowest BCUT2D eigenvalue weighted by atomic mass is 9.49. The molecule has 0 aromatic rings. The van der Waals surface area contributed by atoms with Crippen molar-refractivity contribution in [1.29, 1.82) is 0 Å². The summed E-state index contributed by atoms with van der Waals surface area (Å²) in [5.74, 6) is 1.46. The van der Waals surface area contributed by atoms with Crippen molar-refractivity contribution < 1.29 is 0 Å². The highest BCUT2D eigenvalue weighted by atomic mass is 15.0. The summed E-state index contributed by atoms with van der Waals surface area (Å²) in [6.07, 6.45) is 7.61. The maximum atomic E-state index is 5.53. The fourth-order valence-corrected chi connectivity index (χ4v) is 4.69. The first kappa shape index (κ1) is 14.4. The number of hydrogen-bond donors (Lipinski definition) is 2. The Morgan fingerprint density at radius 2 is 2.00 bits per heavy atom. The topological polar surface area (TPSA) is 64.4 Å². The van der Waals surface area contributed by atoms with Crippen LogP contribution < -0.4 is 11.5 Å². The number of guanidine groups is 1. The molecule has 2 aliphatic carbocycles. The molecule has 1 saturated carbocycles. The third kappa shape index (κ3) is 2.52. The Balaban J connectivity index is 2.33. The number of rotatable bonds is 2. The van der Waals surface area contributed by atoms with E-state index in [1.54, 1.807) is 0 Å². The van der Waals surface area contributed by atoms with Crippen LogP contribution in [0.4, 0.5) is 0 Å². The van der Waals surface area contributed by atoms with E-state index in [1.807, 2.05) is 0 Å². The molecule has 0 heterocycles. The minimum atomic E-state index is 0.216. The van der Waals surface area contributed by atoms with Gasteiger partial charge in [-0.2, -0.15) is 0 Å². The van der Waals surface area contributed by atoms with Crippen molar-refractivity contribution in [2.24, 2.45) is 39.1 Å². The Kier molecular flexibility index (Phi) is 3.67. The second-order valence-corrected chi connectivity index (χ2v) is 7.40. The van der Waals surface area contributed by atoms with E-state index in [9.17, 15) is 0 Å². The Bertz CT molecular complexity index is 404. The molecule has 0 aromatic carbocycles. The van der Waals surface area contributed by atoms with Crippen LogP contribution >= 0.6 is 0 Å². The molecule has 0 bridgehead atoms. The van der Waals surface area contributed by atoms with E-state index in [4.69, 9.17) is 11.5 Å². The largest absolute Gasteiger partial charge is 0.370 e. The predicted octanol–water partition coefficient (Wildman–Crippen LogP) is 3.06. The van der Waals surface area contributed by atoms with Gasteiger partial charge in [0.15, 0.2) is 5.96 Å². The number of fused-ring (bicyclic) bond motifs is 1. The SMILES string of the molecule is CC1=CCC2C(C)(C)CCC[C@]2(C)[C@H]1CN=C(N)N. The molecule has 1 unspecified atom stereocenters. The summed E-state index contributed by atoms with van der Waals surface area (Å²) in [6.45, 7) is 10.3. The monoisotopic (exact) mass is 263 g/mol. The zero-order valence-electron chi connectivity index (χ0n) is 12.9. The highest BCUT2D eigenvalue weighted by Crippen LogP contribution is 2.59. The molecule has 4 N–H and O–H groups in total. The third-order valence-corrected chi connectivity index (χ3v) is 5.75. The highest BCUT2D eigenvalue weighted by molar-refractivity contribution is 5.75. The zero-order chi connectivity index (χ0) is 14.3. The molecule has 3 nitrogen and oxygen atoms in total. The molecule has 3 atom stereocenters. The van der Waals surface area contributed by atoms with Crippen LogP contribution in [0.3, 0.4) is 0 Å². The van der Waals surface area contributed by atoms with Crippen LogP contribution in [-0.4, -0.2) is 12.5 Å². The van der Waals surface area contributed by atoms with Gasteiger partial charge in [-0.05, 0) is 42.9 Å². The lowest BCUT2D eigenvalue weighted by molar-refractivity contribution is -0.0342. The van der Waals surface area contributed by atoms with Crippen LogP contribution in [-0.2, 0) is 0 Å². The third-order valence-electron chi connectivity index (χ3n) is 5.75. The summed E-state index contributed by atoms with van der Waals surface area (Å²) < 4.78 is 0. The number of nitrogens with zero attached hydrogens (tertiary/aromatic N) is 1. The zero-order valence-corrected chi connectivity index (χ0v) is 12.9. The van der Waals surface area contributed by atoms with E-state index >= 15 is 0 Å². The maximum Gasteiger partial charge on any atom is 0.185 e. The van der Waals surface area contributed by atoms with E-state index in [1.165, 1.54) is 31.3 Å².